The van der Waals surface area contributed by atoms with E-state index in [0.717, 1.165) is 11.1 Å². The van der Waals surface area contributed by atoms with Crippen LogP contribution in [-0.4, -0.2) is 0 Å². The van der Waals surface area contributed by atoms with Crippen molar-refractivity contribution in [2.24, 2.45) is 5.84 Å². The topological polar surface area (TPSA) is 47.3 Å². The van der Waals surface area contributed by atoms with Crippen LogP contribution >= 0.6 is 0 Å². The lowest BCUT2D eigenvalue weighted by Gasteiger charge is -2.20. The van der Waals surface area contributed by atoms with E-state index in [1.807, 2.05) is 18.2 Å². The van der Waals surface area contributed by atoms with E-state index in [1.54, 1.807) is 6.92 Å². The lowest BCUT2D eigenvalue weighted by Crippen LogP contribution is -2.30. The fourth-order valence-corrected chi connectivity index (χ4v) is 2.66. The summed E-state index contributed by atoms with van der Waals surface area (Å²) in [5.74, 6) is 4.37. The number of hydrogen-bond donors (Lipinski definition) is 2. The minimum atomic E-state index is -0.740. The highest BCUT2D eigenvalue weighted by Crippen LogP contribution is 2.30. The van der Waals surface area contributed by atoms with Gasteiger partial charge in [-0.25, -0.2) is 14.2 Å². The predicted octanol–water partition coefficient (Wildman–Crippen LogP) is 2.86. The predicted molar refractivity (Wildman–Crippen MR) is 75.2 cm³/mol. The molecule has 2 aromatic rings. The third-order valence-electron chi connectivity index (χ3n) is 3.85. The molecule has 1 aliphatic heterocycles. The number of aryl methyl sites for hydroxylation is 1. The van der Waals surface area contributed by atoms with E-state index in [-0.39, 0.29) is 5.56 Å². The molecule has 1 atom stereocenters. The molecule has 0 fully saturated rings. The third-order valence-corrected chi connectivity index (χ3v) is 3.85. The van der Waals surface area contributed by atoms with Crippen molar-refractivity contribution in [1.82, 2.24) is 5.43 Å². The number of benzene rings is 2. The van der Waals surface area contributed by atoms with E-state index < -0.39 is 17.7 Å². The van der Waals surface area contributed by atoms with Gasteiger partial charge in [-0.05, 0) is 35.2 Å². The molecule has 0 bridgehead atoms. The second kappa shape index (κ2) is 5.52. The van der Waals surface area contributed by atoms with E-state index in [0.29, 0.717) is 24.3 Å². The van der Waals surface area contributed by atoms with Crippen molar-refractivity contribution < 1.29 is 13.5 Å². The maximum absolute atomic E-state index is 14.3. The van der Waals surface area contributed by atoms with Gasteiger partial charge in [-0.15, -0.1) is 0 Å². The summed E-state index contributed by atoms with van der Waals surface area (Å²) in [7, 11) is 0. The third kappa shape index (κ3) is 2.44. The molecular weight excluding hydrogens is 274 g/mol. The van der Waals surface area contributed by atoms with E-state index in [9.17, 15) is 8.78 Å². The zero-order valence-electron chi connectivity index (χ0n) is 11.6. The van der Waals surface area contributed by atoms with Crippen molar-refractivity contribution in [3.05, 3.63) is 69.8 Å². The van der Waals surface area contributed by atoms with E-state index in [4.69, 9.17) is 10.6 Å². The molecule has 1 aliphatic rings. The zero-order valence-corrected chi connectivity index (χ0v) is 11.6. The number of nitrogens with two attached hydrogens (primary N) is 1. The maximum Gasteiger partial charge on any atom is 0.134 e. The van der Waals surface area contributed by atoms with Crippen LogP contribution in [0.15, 0.2) is 30.3 Å². The van der Waals surface area contributed by atoms with E-state index >= 15 is 0 Å². The van der Waals surface area contributed by atoms with Gasteiger partial charge in [0.25, 0.3) is 0 Å². The summed E-state index contributed by atoms with van der Waals surface area (Å²) >= 11 is 0. The quantitative estimate of drug-likeness (QED) is 0.675. The molecule has 3 N–H and O–H groups in total. The number of hydrogen-bond acceptors (Lipinski definition) is 3. The monoisotopic (exact) mass is 290 g/mol. The van der Waals surface area contributed by atoms with Crippen LogP contribution in [-0.2, 0) is 18.0 Å². The molecule has 3 nitrogen and oxygen atoms in total. The Labute approximate surface area is 121 Å². The van der Waals surface area contributed by atoms with Gasteiger partial charge in [0.05, 0.1) is 19.3 Å². The molecule has 0 saturated heterocycles. The molecule has 0 amide bonds. The Morgan fingerprint density at radius 2 is 1.90 bits per heavy atom. The molecule has 1 heterocycles. The first-order valence-electron chi connectivity index (χ1n) is 6.72. The summed E-state index contributed by atoms with van der Waals surface area (Å²) in [5, 5.41) is 0. The summed E-state index contributed by atoms with van der Waals surface area (Å²) in [6.45, 7) is 2.69. The molecule has 0 aliphatic carbocycles. The summed E-state index contributed by atoms with van der Waals surface area (Å²) in [4.78, 5) is 0. The molecule has 2 aromatic carbocycles. The second-order valence-corrected chi connectivity index (χ2v) is 5.21. The Balaban J connectivity index is 2.09. The van der Waals surface area contributed by atoms with Crippen LogP contribution in [0.3, 0.4) is 0 Å². The van der Waals surface area contributed by atoms with Crippen LogP contribution in [0.5, 0.6) is 0 Å². The summed E-state index contributed by atoms with van der Waals surface area (Å²) in [6, 6.07) is 7.55. The number of ether oxygens (including phenoxy) is 1. The fraction of sp³-hybridized carbons (Fsp3) is 0.250. The first-order valence-corrected chi connectivity index (χ1v) is 6.72. The smallest absolute Gasteiger partial charge is 0.134 e. The van der Waals surface area contributed by atoms with Crippen LogP contribution in [0.2, 0.25) is 0 Å². The minimum absolute atomic E-state index is 0.0589. The standard InChI is InChI=1S/C16H16F2N2O/c1-9-2-5-13(17)14(15(9)18)16(20-19)10-3-4-11-7-21-8-12(11)6-10/h2-6,16,20H,7-8,19H2,1H3. The molecule has 110 valence electrons. The van der Waals surface area contributed by atoms with Crippen molar-refractivity contribution in [3.8, 4) is 0 Å². The highest BCUT2D eigenvalue weighted by Gasteiger charge is 2.23. The van der Waals surface area contributed by atoms with Crippen LogP contribution in [0, 0.1) is 18.6 Å². The number of nitrogens with one attached hydrogen (secondary N) is 1. The van der Waals surface area contributed by atoms with Crippen LogP contribution in [0.25, 0.3) is 0 Å². The van der Waals surface area contributed by atoms with Gasteiger partial charge in [0.1, 0.15) is 11.6 Å². The van der Waals surface area contributed by atoms with Crippen LogP contribution in [0.4, 0.5) is 8.78 Å². The van der Waals surface area contributed by atoms with Crippen LogP contribution in [0.1, 0.15) is 33.9 Å². The molecule has 0 saturated carbocycles. The molecular formula is C16H16F2N2O. The number of halogens is 2. The molecule has 1 unspecified atom stereocenters. The lowest BCUT2D eigenvalue weighted by atomic mass is 9.94. The highest BCUT2D eigenvalue weighted by molar-refractivity contribution is 5.40. The SMILES string of the molecule is Cc1ccc(F)c(C(NN)c2ccc3c(c2)COC3)c1F. The Morgan fingerprint density at radius 3 is 2.67 bits per heavy atom. The summed E-state index contributed by atoms with van der Waals surface area (Å²) in [5.41, 5.74) is 5.68. The van der Waals surface area contributed by atoms with E-state index in [2.05, 4.69) is 5.43 Å². The minimum Gasteiger partial charge on any atom is -0.372 e. The van der Waals surface area contributed by atoms with Gasteiger partial charge < -0.3 is 4.74 Å². The van der Waals surface area contributed by atoms with Gasteiger partial charge in [0, 0.05) is 5.56 Å². The number of rotatable bonds is 3. The van der Waals surface area contributed by atoms with Gasteiger partial charge in [0.2, 0.25) is 0 Å². The normalized spacial score (nSPS) is 15.0. The molecule has 0 radical (unpaired) electrons. The second-order valence-electron chi connectivity index (χ2n) is 5.21. The first kappa shape index (κ1) is 14.1. The Hall–Kier alpha value is -1.82. The number of fused-ring (bicyclic) bond motifs is 1. The largest absolute Gasteiger partial charge is 0.372 e. The summed E-state index contributed by atoms with van der Waals surface area (Å²) in [6.07, 6.45) is 0. The van der Waals surface area contributed by atoms with Crippen LogP contribution < -0.4 is 11.3 Å². The van der Waals surface area contributed by atoms with Crippen molar-refractivity contribution in [3.63, 3.8) is 0 Å². The average molecular weight is 290 g/mol. The molecule has 21 heavy (non-hydrogen) atoms. The average Bonchev–Trinajstić information content (AvgIpc) is 2.95. The zero-order chi connectivity index (χ0) is 15.0. The van der Waals surface area contributed by atoms with Crippen molar-refractivity contribution in [2.75, 3.05) is 0 Å². The van der Waals surface area contributed by atoms with Gasteiger partial charge >= 0.3 is 0 Å². The van der Waals surface area contributed by atoms with Crippen molar-refractivity contribution in [1.29, 1.82) is 0 Å². The van der Waals surface area contributed by atoms with Gasteiger partial charge in [-0.3, -0.25) is 5.84 Å². The Bertz CT molecular complexity index is 688. The number of hydrazine groups is 1. The Kier molecular flexibility index (Phi) is 3.71. The van der Waals surface area contributed by atoms with Gasteiger partial charge in [-0.2, -0.15) is 0 Å². The Morgan fingerprint density at radius 1 is 1.14 bits per heavy atom. The molecule has 0 aromatic heterocycles. The fourth-order valence-electron chi connectivity index (χ4n) is 2.66. The molecule has 0 spiro atoms. The first-order chi connectivity index (χ1) is 10.1. The van der Waals surface area contributed by atoms with E-state index in [1.165, 1.54) is 12.1 Å². The molecule has 3 rings (SSSR count). The van der Waals surface area contributed by atoms with Crippen molar-refractivity contribution >= 4 is 0 Å². The van der Waals surface area contributed by atoms with Crippen molar-refractivity contribution in [2.45, 2.75) is 26.2 Å². The highest BCUT2D eigenvalue weighted by atomic mass is 19.1. The lowest BCUT2D eigenvalue weighted by molar-refractivity contribution is 0.134. The molecule has 5 heteroatoms. The summed E-state index contributed by atoms with van der Waals surface area (Å²) < 4.78 is 33.7. The van der Waals surface area contributed by atoms with Gasteiger partial charge in [-0.1, -0.05) is 24.3 Å². The van der Waals surface area contributed by atoms with Gasteiger partial charge in [0.15, 0.2) is 0 Å². The maximum atomic E-state index is 14.3.